The van der Waals surface area contributed by atoms with Crippen LogP contribution in [0.3, 0.4) is 0 Å². The standard InChI is InChI=1S/C20H32S/c1-2-3-4-5-6-7-8-9-10-11-12-13-14-15-16-17-18-19-20-21/h3-4,6-7,9-10,12-13,15-16,21H,2,5,8,11,14,17-20H2,1H3/b4-3?,7-6?,10-9?,13-12?,16-15-. The molecule has 0 saturated heterocycles. The average molecular weight is 305 g/mol. The molecule has 0 atom stereocenters. The van der Waals surface area contributed by atoms with Gasteiger partial charge in [-0.1, -0.05) is 67.7 Å². The topological polar surface area (TPSA) is 0 Å². The van der Waals surface area contributed by atoms with Crippen LogP contribution in [0, 0.1) is 0 Å². The molecule has 0 saturated carbocycles. The number of thiol groups is 1. The van der Waals surface area contributed by atoms with E-state index in [0.29, 0.717) is 0 Å². The Morgan fingerprint density at radius 3 is 1.43 bits per heavy atom. The molecule has 118 valence electrons. The molecule has 0 aromatic carbocycles. The maximum Gasteiger partial charge on any atom is -0.00978 e. The van der Waals surface area contributed by atoms with Gasteiger partial charge in [-0.15, -0.1) is 0 Å². The molecule has 0 N–H and O–H groups in total. The third-order valence-corrected chi connectivity index (χ3v) is 3.25. The van der Waals surface area contributed by atoms with Gasteiger partial charge in [0.05, 0.1) is 0 Å². The minimum atomic E-state index is 1.00. The lowest BCUT2D eigenvalue weighted by Crippen LogP contribution is -1.73. The third-order valence-electron chi connectivity index (χ3n) is 2.94. The van der Waals surface area contributed by atoms with Crippen LogP contribution < -0.4 is 0 Å². The lowest BCUT2D eigenvalue weighted by atomic mass is 10.2. The van der Waals surface area contributed by atoms with Crippen LogP contribution in [0.25, 0.3) is 0 Å². The van der Waals surface area contributed by atoms with E-state index >= 15 is 0 Å². The Labute approximate surface area is 137 Å². The summed E-state index contributed by atoms with van der Waals surface area (Å²) < 4.78 is 0. The van der Waals surface area contributed by atoms with Crippen LogP contribution in [0.4, 0.5) is 0 Å². The van der Waals surface area contributed by atoms with Crippen LogP contribution in [-0.2, 0) is 0 Å². The largest absolute Gasteiger partial charge is 0.179 e. The molecule has 0 aliphatic carbocycles. The Morgan fingerprint density at radius 1 is 0.571 bits per heavy atom. The van der Waals surface area contributed by atoms with Gasteiger partial charge in [-0.2, -0.15) is 12.6 Å². The predicted molar refractivity (Wildman–Crippen MR) is 102 cm³/mol. The minimum absolute atomic E-state index is 1.00. The molecule has 0 bridgehead atoms. The Bertz CT molecular complexity index is 332. The Morgan fingerprint density at radius 2 is 1.00 bits per heavy atom. The highest BCUT2D eigenvalue weighted by molar-refractivity contribution is 7.80. The zero-order chi connectivity index (χ0) is 15.4. The molecule has 0 aromatic rings. The molecule has 0 nitrogen and oxygen atoms in total. The monoisotopic (exact) mass is 304 g/mol. The van der Waals surface area contributed by atoms with Crippen molar-refractivity contribution in [2.45, 2.75) is 58.3 Å². The second-order valence-electron chi connectivity index (χ2n) is 4.93. The number of hydrogen-bond donors (Lipinski definition) is 1. The summed E-state index contributed by atoms with van der Waals surface area (Å²) in [5.74, 6) is 1.00. The second-order valence-corrected chi connectivity index (χ2v) is 5.37. The minimum Gasteiger partial charge on any atom is -0.179 e. The summed E-state index contributed by atoms with van der Waals surface area (Å²) in [6, 6.07) is 0. The van der Waals surface area contributed by atoms with Crippen molar-refractivity contribution in [3.63, 3.8) is 0 Å². The summed E-state index contributed by atoms with van der Waals surface area (Å²) in [4.78, 5) is 0. The SMILES string of the molecule is CCC=CCC=CCC=CCC=CC/C=C\CCCCS. The summed E-state index contributed by atoms with van der Waals surface area (Å²) in [6.45, 7) is 2.16. The Kier molecular flexibility index (Phi) is 18.2. The fourth-order valence-electron chi connectivity index (χ4n) is 1.74. The summed E-state index contributed by atoms with van der Waals surface area (Å²) in [7, 11) is 0. The molecule has 0 aliphatic heterocycles. The van der Waals surface area contributed by atoms with Crippen LogP contribution in [0.15, 0.2) is 60.8 Å². The maximum atomic E-state index is 4.20. The number of unbranched alkanes of at least 4 members (excludes halogenated alkanes) is 2. The first-order chi connectivity index (χ1) is 10.4. The van der Waals surface area contributed by atoms with Gasteiger partial charge < -0.3 is 0 Å². The van der Waals surface area contributed by atoms with Crippen molar-refractivity contribution in [3.05, 3.63) is 60.8 Å². The Balaban J connectivity index is 3.41. The zero-order valence-corrected chi connectivity index (χ0v) is 14.5. The van der Waals surface area contributed by atoms with Crippen LogP contribution in [-0.4, -0.2) is 5.75 Å². The van der Waals surface area contributed by atoms with Gasteiger partial charge in [-0.25, -0.2) is 0 Å². The smallest absolute Gasteiger partial charge is 0.00978 e. The van der Waals surface area contributed by atoms with Crippen LogP contribution >= 0.6 is 12.6 Å². The van der Waals surface area contributed by atoms with Gasteiger partial charge in [-0.3, -0.25) is 0 Å². The van der Waals surface area contributed by atoms with Crippen LogP contribution in [0.1, 0.15) is 58.3 Å². The molecule has 0 aromatic heterocycles. The lowest BCUT2D eigenvalue weighted by molar-refractivity contribution is 0.823. The highest BCUT2D eigenvalue weighted by atomic mass is 32.1. The highest BCUT2D eigenvalue weighted by Gasteiger charge is 1.81. The van der Waals surface area contributed by atoms with Crippen molar-refractivity contribution >= 4 is 12.6 Å². The molecule has 0 radical (unpaired) electrons. The van der Waals surface area contributed by atoms with E-state index in [0.717, 1.165) is 37.9 Å². The first-order valence-electron chi connectivity index (χ1n) is 8.27. The summed E-state index contributed by atoms with van der Waals surface area (Å²) in [6.07, 6.45) is 31.4. The fraction of sp³-hybridized carbons (Fsp3) is 0.500. The molecular formula is C20H32S. The molecule has 0 rings (SSSR count). The highest BCUT2D eigenvalue weighted by Crippen LogP contribution is 1.99. The summed E-state index contributed by atoms with van der Waals surface area (Å²) in [5, 5.41) is 0. The first kappa shape index (κ1) is 20.1. The zero-order valence-electron chi connectivity index (χ0n) is 13.6. The van der Waals surface area contributed by atoms with Crippen molar-refractivity contribution < 1.29 is 0 Å². The van der Waals surface area contributed by atoms with Gasteiger partial charge in [0, 0.05) is 0 Å². The number of hydrogen-bond acceptors (Lipinski definition) is 1. The van der Waals surface area contributed by atoms with E-state index in [4.69, 9.17) is 0 Å². The molecule has 0 aliphatic rings. The van der Waals surface area contributed by atoms with Crippen molar-refractivity contribution in [1.82, 2.24) is 0 Å². The van der Waals surface area contributed by atoms with Crippen molar-refractivity contribution in [2.24, 2.45) is 0 Å². The van der Waals surface area contributed by atoms with Crippen molar-refractivity contribution in [3.8, 4) is 0 Å². The quantitative estimate of drug-likeness (QED) is 0.215. The maximum absolute atomic E-state index is 4.20. The van der Waals surface area contributed by atoms with Gasteiger partial charge >= 0.3 is 0 Å². The van der Waals surface area contributed by atoms with Gasteiger partial charge in [0.25, 0.3) is 0 Å². The van der Waals surface area contributed by atoms with E-state index in [1.165, 1.54) is 19.3 Å². The summed E-state index contributed by atoms with van der Waals surface area (Å²) >= 11 is 4.20. The molecule has 0 heterocycles. The van der Waals surface area contributed by atoms with Gasteiger partial charge in [0.1, 0.15) is 0 Å². The Hall–Kier alpha value is -0.950. The van der Waals surface area contributed by atoms with Gasteiger partial charge in [-0.05, 0) is 57.1 Å². The van der Waals surface area contributed by atoms with Gasteiger partial charge in [0.15, 0.2) is 0 Å². The van der Waals surface area contributed by atoms with E-state index in [1.807, 2.05) is 0 Å². The molecule has 0 fully saturated rings. The third kappa shape index (κ3) is 19.0. The summed E-state index contributed by atoms with van der Waals surface area (Å²) in [5.41, 5.74) is 0. The number of rotatable bonds is 13. The average Bonchev–Trinajstić information content (AvgIpc) is 2.50. The van der Waals surface area contributed by atoms with E-state index in [-0.39, 0.29) is 0 Å². The molecule has 0 spiro atoms. The van der Waals surface area contributed by atoms with E-state index in [1.54, 1.807) is 0 Å². The lowest BCUT2D eigenvalue weighted by Gasteiger charge is -1.90. The van der Waals surface area contributed by atoms with Crippen LogP contribution in [0.5, 0.6) is 0 Å². The van der Waals surface area contributed by atoms with Crippen molar-refractivity contribution in [2.75, 3.05) is 5.75 Å². The normalized spacial score (nSPS) is 13.0. The molecule has 21 heavy (non-hydrogen) atoms. The van der Waals surface area contributed by atoms with Gasteiger partial charge in [0.2, 0.25) is 0 Å². The van der Waals surface area contributed by atoms with Crippen LogP contribution in [0.2, 0.25) is 0 Å². The first-order valence-corrected chi connectivity index (χ1v) is 8.90. The predicted octanol–water partition coefficient (Wildman–Crippen LogP) is 6.84. The second kappa shape index (κ2) is 19.1. The fourth-order valence-corrected chi connectivity index (χ4v) is 1.97. The number of allylic oxidation sites excluding steroid dienone is 10. The van der Waals surface area contributed by atoms with E-state index in [9.17, 15) is 0 Å². The molecule has 0 unspecified atom stereocenters. The van der Waals surface area contributed by atoms with Crippen molar-refractivity contribution in [1.29, 1.82) is 0 Å². The molecular weight excluding hydrogens is 272 g/mol. The molecule has 1 heteroatoms. The van der Waals surface area contributed by atoms with E-state index in [2.05, 4.69) is 80.3 Å². The molecule has 0 amide bonds. The van der Waals surface area contributed by atoms with E-state index < -0.39 is 0 Å².